The number of carbonyl (C=O) groups is 3. The van der Waals surface area contributed by atoms with E-state index in [2.05, 4.69) is 56.1 Å². The van der Waals surface area contributed by atoms with Crippen LogP contribution < -0.4 is 15.5 Å². The lowest BCUT2D eigenvalue weighted by molar-refractivity contribution is -0.115. The van der Waals surface area contributed by atoms with Crippen molar-refractivity contribution >= 4 is 69.2 Å². The number of rotatable bonds is 5. The highest BCUT2D eigenvalue weighted by Gasteiger charge is 2.67. The first-order valence-electron chi connectivity index (χ1n) is 14.0. The smallest absolute Gasteiger partial charge is 0.272 e. The molecule has 9 nitrogen and oxygen atoms in total. The normalized spacial score (nSPS) is 21.1. The fraction of sp³-hybridized carbons (Fsp3) is 0.219. The van der Waals surface area contributed by atoms with Gasteiger partial charge < -0.3 is 30.5 Å². The summed E-state index contributed by atoms with van der Waals surface area (Å²) in [5.74, 6) is 1.01. The fourth-order valence-corrected chi connectivity index (χ4v) is 6.96. The number of nitrogens with zero attached hydrogens (tertiary/aromatic N) is 1. The van der Waals surface area contributed by atoms with E-state index in [1.807, 2.05) is 36.5 Å². The van der Waals surface area contributed by atoms with Crippen LogP contribution >= 0.6 is 12.6 Å². The van der Waals surface area contributed by atoms with Crippen molar-refractivity contribution in [1.29, 1.82) is 0 Å². The van der Waals surface area contributed by atoms with Crippen molar-refractivity contribution in [3.8, 4) is 0 Å². The number of hydrogen-bond acceptors (Lipinski definition) is 5. The third kappa shape index (κ3) is 3.61. The highest BCUT2D eigenvalue weighted by atomic mass is 32.1. The van der Waals surface area contributed by atoms with E-state index >= 15 is 0 Å². The van der Waals surface area contributed by atoms with Crippen LogP contribution in [0.5, 0.6) is 0 Å². The lowest BCUT2D eigenvalue weighted by Gasteiger charge is -2.29. The third-order valence-electron chi connectivity index (χ3n) is 8.96. The lowest BCUT2D eigenvalue weighted by Crippen LogP contribution is -2.29. The Labute approximate surface area is 246 Å². The van der Waals surface area contributed by atoms with Crippen molar-refractivity contribution < 1.29 is 14.4 Å². The van der Waals surface area contributed by atoms with Gasteiger partial charge in [0, 0.05) is 63.1 Å². The molecule has 0 bridgehead atoms. The van der Waals surface area contributed by atoms with Gasteiger partial charge in [0.25, 0.3) is 5.91 Å². The highest BCUT2D eigenvalue weighted by Crippen LogP contribution is 2.67. The Balaban J connectivity index is 1.03. The van der Waals surface area contributed by atoms with Gasteiger partial charge in [0.05, 0.1) is 10.9 Å². The Morgan fingerprint density at radius 2 is 1.74 bits per heavy atom. The molecule has 42 heavy (non-hydrogen) atoms. The molecule has 3 atom stereocenters. The number of piperidine rings is 1. The minimum atomic E-state index is -0.426. The molecule has 2 fully saturated rings. The van der Waals surface area contributed by atoms with Crippen molar-refractivity contribution in [3.05, 3.63) is 89.0 Å². The van der Waals surface area contributed by atoms with Crippen LogP contribution in [-0.4, -0.2) is 44.3 Å². The molecular weight excluding hydrogens is 548 g/mol. The molecule has 0 radical (unpaired) electrons. The number of thiol groups is 1. The van der Waals surface area contributed by atoms with E-state index in [-0.39, 0.29) is 23.0 Å². The number of ketones is 1. The van der Waals surface area contributed by atoms with E-state index in [9.17, 15) is 14.4 Å². The van der Waals surface area contributed by atoms with Crippen molar-refractivity contribution in [2.75, 3.05) is 22.1 Å². The van der Waals surface area contributed by atoms with Gasteiger partial charge >= 0.3 is 0 Å². The van der Waals surface area contributed by atoms with Crippen LogP contribution in [0.2, 0.25) is 0 Å². The van der Waals surface area contributed by atoms with Gasteiger partial charge in [-0.25, -0.2) is 0 Å². The predicted molar refractivity (Wildman–Crippen MR) is 167 cm³/mol. The molecule has 1 aliphatic heterocycles. The number of aromatic amines is 3. The largest absolute Gasteiger partial charge is 0.358 e. The number of amides is 2. The van der Waals surface area contributed by atoms with Gasteiger partial charge in [-0.15, -0.1) is 0 Å². The summed E-state index contributed by atoms with van der Waals surface area (Å²) in [6.07, 6.45) is 4.83. The number of aromatic nitrogens is 3. The van der Waals surface area contributed by atoms with Gasteiger partial charge in [0.1, 0.15) is 11.5 Å². The Bertz CT molecular complexity index is 2030. The zero-order chi connectivity index (χ0) is 28.9. The highest BCUT2D eigenvalue weighted by molar-refractivity contribution is 7.81. The molecule has 2 aromatic carbocycles. The SMILES string of the molecule is Cc1c[nH]c2c1C13CC1CN(c1cc4cc(NC(=O)c5cc6cc(NC(=O)C(C)S)ccc6[nH]5)ccc4[nH]1)C3=CC2=O. The first-order valence-corrected chi connectivity index (χ1v) is 14.5. The number of H-pyrrole nitrogens is 3. The van der Waals surface area contributed by atoms with Crippen molar-refractivity contribution in [3.63, 3.8) is 0 Å². The number of aryl methyl sites for hydroxylation is 1. The van der Waals surface area contributed by atoms with Crippen LogP contribution in [0.15, 0.2) is 66.5 Å². The quantitative estimate of drug-likeness (QED) is 0.151. The van der Waals surface area contributed by atoms with Crippen LogP contribution in [0, 0.1) is 12.8 Å². The van der Waals surface area contributed by atoms with Crippen molar-refractivity contribution in [2.24, 2.45) is 5.92 Å². The summed E-state index contributed by atoms with van der Waals surface area (Å²) in [6.45, 7) is 4.65. The third-order valence-corrected chi connectivity index (χ3v) is 9.20. The van der Waals surface area contributed by atoms with Gasteiger partial charge in [-0.2, -0.15) is 12.6 Å². The zero-order valence-corrected chi connectivity index (χ0v) is 23.9. The molecule has 5 aromatic rings. The summed E-state index contributed by atoms with van der Waals surface area (Å²) in [5.41, 5.74) is 7.55. The molecule has 3 unspecified atom stereocenters. The zero-order valence-electron chi connectivity index (χ0n) is 23.0. The van der Waals surface area contributed by atoms with E-state index in [0.717, 1.165) is 57.5 Å². The van der Waals surface area contributed by atoms with Crippen molar-refractivity contribution in [1.82, 2.24) is 15.0 Å². The Kier molecular flexibility index (Phi) is 5.16. The predicted octanol–water partition coefficient (Wildman–Crippen LogP) is 5.65. The first kappa shape index (κ1) is 25.0. The number of hydrogen-bond donors (Lipinski definition) is 6. The molecule has 8 rings (SSSR count). The first-order chi connectivity index (χ1) is 20.2. The Hall–Kier alpha value is -4.70. The Morgan fingerprint density at radius 3 is 2.50 bits per heavy atom. The number of nitrogens with one attached hydrogen (secondary N) is 5. The monoisotopic (exact) mass is 576 g/mol. The summed E-state index contributed by atoms with van der Waals surface area (Å²) < 4.78 is 0. The second kappa shape index (κ2) is 8.65. The van der Waals surface area contributed by atoms with E-state index < -0.39 is 5.25 Å². The van der Waals surface area contributed by atoms with Gasteiger partial charge in [0.2, 0.25) is 11.7 Å². The van der Waals surface area contributed by atoms with Gasteiger partial charge in [-0.05, 0) is 85.8 Å². The molecule has 5 N–H and O–H groups in total. The maximum atomic E-state index is 13.1. The summed E-state index contributed by atoms with van der Waals surface area (Å²) in [7, 11) is 0. The van der Waals surface area contributed by atoms with Crippen LogP contribution in [0.3, 0.4) is 0 Å². The van der Waals surface area contributed by atoms with Crippen LogP contribution in [0.25, 0.3) is 21.8 Å². The molecule has 3 aliphatic rings. The van der Waals surface area contributed by atoms with Gasteiger partial charge in [-0.3, -0.25) is 14.4 Å². The van der Waals surface area contributed by atoms with Crippen LogP contribution in [0.4, 0.5) is 17.2 Å². The molecule has 1 spiro atoms. The topological polar surface area (TPSA) is 126 Å². The average molecular weight is 577 g/mol. The molecule has 3 aromatic heterocycles. The molecule has 210 valence electrons. The van der Waals surface area contributed by atoms with E-state index in [4.69, 9.17) is 0 Å². The van der Waals surface area contributed by atoms with Crippen molar-refractivity contribution in [2.45, 2.75) is 30.9 Å². The maximum absolute atomic E-state index is 13.1. The average Bonchev–Trinajstić information content (AvgIpc) is 3.41. The number of fused-ring (bicyclic) bond motifs is 3. The number of anilines is 3. The summed E-state index contributed by atoms with van der Waals surface area (Å²) in [4.78, 5) is 50.2. The Morgan fingerprint density at radius 1 is 1.02 bits per heavy atom. The molecule has 1 saturated heterocycles. The van der Waals surface area contributed by atoms with Crippen LogP contribution in [-0.2, 0) is 10.2 Å². The molecular formula is C32H28N6O3S. The second-order valence-electron chi connectivity index (χ2n) is 11.7. The minimum Gasteiger partial charge on any atom is -0.358 e. The molecule has 4 heterocycles. The van der Waals surface area contributed by atoms with Gasteiger partial charge in [0.15, 0.2) is 0 Å². The minimum absolute atomic E-state index is 0.0302. The number of allylic oxidation sites excluding steroid dienone is 2. The fourth-order valence-electron chi connectivity index (χ4n) is 6.90. The van der Waals surface area contributed by atoms with Gasteiger partial charge in [-0.1, -0.05) is 0 Å². The number of benzene rings is 2. The molecule has 10 heteroatoms. The molecule has 1 saturated carbocycles. The number of carbonyl (C=O) groups excluding carboxylic acids is 3. The van der Waals surface area contributed by atoms with Crippen LogP contribution in [0.1, 0.15) is 45.4 Å². The second-order valence-corrected chi connectivity index (χ2v) is 12.4. The molecule has 2 amide bonds. The molecule has 2 aliphatic carbocycles. The standard InChI is InChI=1S/C32H28N6O3S/c1-15-13-33-29-25(39)11-26-32(28(15)29)12-19(32)14-38(26)27-10-18-8-21(4-6-23(18)37-27)35-31(41)24-9-17-7-20(3-5-22(17)36-24)34-30(40)16(2)42/h3-11,13,16,19,33,36-37,42H,12,14H2,1-2H3,(H,34,40)(H,35,41). The van der Waals surface area contributed by atoms with E-state index in [1.54, 1.807) is 25.1 Å². The van der Waals surface area contributed by atoms with E-state index in [1.165, 1.54) is 5.56 Å². The lowest BCUT2D eigenvalue weighted by atomic mass is 9.83. The maximum Gasteiger partial charge on any atom is 0.272 e. The summed E-state index contributed by atoms with van der Waals surface area (Å²) >= 11 is 4.17. The van der Waals surface area contributed by atoms with E-state index in [0.29, 0.717) is 23.0 Å². The summed E-state index contributed by atoms with van der Waals surface area (Å²) in [5, 5.41) is 7.17. The summed E-state index contributed by atoms with van der Waals surface area (Å²) in [6, 6.07) is 15.1.